The molecular weight excluding hydrogens is 278 g/mol. The largest absolute Gasteiger partial charge is 0.207 e. The minimum absolute atomic E-state index is 0.196. The number of hydrogen-bond acceptors (Lipinski definition) is 0. The Hall–Kier alpha value is -0.0800. The van der Waals surface area contributed by atoms with Gasteiger partial charge in [0.2, 0.25) is 0 Å². The van der Waals surface area contributed by atoms with E-state index >= 15 is 0 Å². The maximum Gasteiger partial charge on any atom is 0.123 e. The van der Waals surface area contributed by atoms with E-state index in [-0.39, 0.29) is 5.82 Å². The molecule has 0 N–H and O–H groups in total. The predicted molar refractivity (Wildman–Crippen MR) is 65.2 cm³/mol. The first-order valence-electron chi connectivity index (χ1n) is 5.25. The van der Waals surface area contributed by atoms with E-state index in [0.29, 0.717) is 15.8 Å². The highest BCUT2D eigenvalue weighted by atomic mass is 79.9. The van der Waals surface area contributed by atoms with Crippen LogP contribution >= 0.6 is 27.5 Å². The average Bonchev–Trinajstić information content (AvgIpc) is 2.58. The van der Waals surface area contributed by atoms with Crippen LogP contribution < -0.4 is 0 Å². The van der Waals surface area contributed by atoms with Crippen LogP contribution in [0.3, 0.4) is 0 Å². The van der Waals surface area contributed by atoms with E-state index in [1.807, 2.05) is 0 Å². The van der Waals surface area contributed by atoms with E-state index in [9.17, 15) is 4.39 Å². The standard InChI is InChI=1S/C12H13BrClF/c13-11-3-1-2-8(11)6-9-7-10(15)4-5-12(9)14/h4-5,7-8,11H,1-3,6H2. The van der Waals surface area contributed by atoms with Crippen LogP contribution in [-0.4, -0.2) is 4.83 Å². The van der Waals surface area contributed by atoms with Crippen molar-refractivity contribution < 1.29 is 4.39 Å². The maximum absolute atomic E-state index is 13.0. The minimum Gasteiger partial charge on any atom is -0.207 e. The molecule has 3 heteroatoms. The van der Waals surface area contributed by atoms with Gasteiger partial charge in [0.1, 0.15) is 5.82 Å². The molecule has 1 saturated carbocycles. The zero-order chi connectivity index (χ0) is 10.8. The first-order valence-corrected chi connectivity index (χ1v) is 6.54. The summed E-state index contributed by atoms with van der Waals surface area (Å²) in [5, 5.41) is 0.683. The minimum atomic E-state index is -0.196. The third-order valence-electron chi connectivity index (χ3n) is 3.06. The highest BCUT2D eigenvalue weighted by Gasteiger charge is 2.25. The number of alkyl halides is 1. The molecule has 2 unspecified atom stereocenters. The molecule has 1 aliphatic carbocycles. The van der Waals surface area contributed by atoms with Crippen molar-refractivity contribution in [3.8, 4) is 0 Å². The molecular formula is C12H13BrClF. The molecule has 82 valence electrons. The Bertz CT molecular complexity index is 353. The highest BCUT2D eigenvalue weighted by Crippen LogP contribution is 2.35. The summed E-state index contributed by atoms with van der Waals surface area (Å²) in [5.74, 6) is 0.405. The first kappa shape index (κ1) is 11.4. The van der Waals surface area contributed by atoms with Crippen LogP contribution in [0.25, 0.3) is 0 Å². The molecule has 1 aromatic carbocycles. The number of hydrogen-bond donors (Lipinski definition) is 0. The van der Waals surface area contributed by atoms with E-state index in [2.05, 4.69) is 15.9 Å². The molecule has 0 aromatic heterocycles. The van der Waals surface area contributed by atoms with E-state index in [4.69, 9.17) is 11.6 Å². The third-order valence-corrected chi connectivity index (χ3v) is 4.63. The van der Waals surface area contributed by atoms with Crippen LogP contribution in [0, 0.1) is 11.7 Å². The van der Waals surface area contributed by atoms with Gasteiger partial charge in [-0.15, -0.1) is 0 Å². The van der Waals surface area contributed by atoms with Gasteiger partial charge in [-0.2, -0.15) is 0 Å². The van der Waals surface area contributed by atoms with Gasteiger partial charge >= 0.3 is 0 Å². The van der Waals surface area contributed by atoms with Gasteiger partial charge in [-0.3, -0.25) is 0 Å². The monoisotopic (exact) mass is 290 g/mol. The van der Waals surface area contributed by atoms with Crippen LogP contribution in [0.2, 0.25) is 5.02 Å². The second-order valence-corrected chi connectivity index (χ2v) is 5.73. The highest BCUT2D eigenvalue weighted by molar-refractivity contribution is 9.09. The van der Waals surface area contributed by atoms with Crippen LogP contribution in [-0.2, 0) is 6.42 Å². The number of benzene rings is 1. The second-order valence-electron chi connectivity index (χ2n) is 4.15. The molecule has 0 spiro atoms. The topological polar surface area (TPSA) is 0 Å². The SMILES string of the molecule is Fc1ccc(Cl)c(CC2CCCC2Br)c1. The number of rotatable bonds is 2. The fourth-order valence-corrected chi connectivity index (χ4v) is 3.17. The molecule has 0 radical (unpaired) electrons. The van der Waals surface area contributed by atoms with Crippen molar-refractivity contribution in [2.75, 3.05) is 0 Å². The molecule has 1 aromatic rings. The van der Waals surface area contributed by atoms with Gasteiger partial charge in [-0.05, 0) is 48.9 Å². The molecule has 1 fully saturated rings. The van der Waals surface area contributed by atoms with E-state index in [1.54, 1.807) is 12.1 Å². The summed E-state index contributed by atoms with van der Waals surface area (Å²) >= 11 is 9.71. The lowest BCUT2D eigenvalue weighted by Crippen LogP contribution is -2.10. The third kappa shape index (κ3) is 2.73. The van der Waals surface area contributed by atoms with Crippen molar-refractivity contribution in [3.05, 3.63) is 34.6 Å². The smallest absolute Gasteiger partial charge is 0.123 e. The normalized spacial score (nSPS) is 25.8. The zero-order valence-electron chi connectivity index (χ0n) is 8.35. The van der Waals surface area contributed by atoms with Crippen LogP contribution in [0.1, 0.15) is 24.8 Å². The molecule has 0 aliphatic heterocycles. The first-order chi connectivity index (χ1) is 7.16. The summed E-state index contributed by atoms with van der Waals surface area (Å²) in [6.07, 6.45) is 4.57. The average molecular weight is 292 g/mol. The van der Waals surface area contributed by atoms with E-state index < -0.39 is 0 Å². The van der Waals surface area contributed by atoms with Gasteiger partial charge in [0.05, 0.1) is 0 Å². The maximum atomic E-state index is 13.0. The van der Waals surface area contributed by atoms with Gasteiger partial charge in [-0.25, -0.2) is 4.39 Å². The quantitative estimate of drug-likeness (QED) is 0.699. The van der Waals surface area contributed by atoms with Gasteiger partial charge in [0.15, 0.2) is 0 Å². The fourth-order valence-electron chi connectivity index (χ4n) is 2.20. The molecule has 2 rings (SSSR count). The van der Waals surface area contributed by atoms with Gasteiger partial charge in [-0.1, -0.05) is 34.0 Å². The molecule has 0 nitrogen and oxygen atoms in total. The summed E-state index contributed by atoms with van der Waals surface area (Å²) in [6.45, 7) is 0. The van der Waals surface area contributed by atoms with Gasteiger partial charge in [0.25, 0.3) is 0 Å². The Kier molecular flexibility index (Phi) is 3.68. The molecule has 1 aliphatic rings. The second kappa shape index (κ2) is 4.84. The lowest BCUT2D eigenvalue weighted by Gasteiger charge is -2.14. The van der Waals surface area contributed by atoms with Crippen LogP contribution in [0.4, 0.5) is 4.39 Å². The van der Waals surface area contributed by atoms with Crippen molar-refractivity contribution in [2.45, 2.75) is 30.5 Å². The molecule has 0 amide bonds. The van der Waals surface area contributed by atoms with Crippen LogP contribution in [0.5, 0.6) is 0 Å². The summed E-state index contributed by atoms with van der Waals surface area (Å²) in [7, 11) is 0. The number of halogens is 3. The molecule has 0 bridgehead atoms. The van der Waals surface area contributed by atoms with Crippen molar-refractivity contribution in [2.24, 2.45) is 5.92 Å². The summed E-state index contributed by atoms with van der Waals surface area (Å²) in [4.78, 5) is 0.567. The van der Waals surface area contributed by atoms with E-state index in [0.717, 1.165) is 12.0 Å². The molecule has 0 heterocycles. The van der Waals surface area contributed by atoms with Gasteiger partial charge in [0, 0.05) is 9.85 Å². The molecule has 0 saturated heterocycles. The Balaban J connectivity index is 2.12. The van der Waals surface area contributed by atoms with Crippen molar-refractivity contribution >= 4 is 27.5 Å². The van der Waals surface area contributed by atoms with Crippen molar-refractivity contribution in [1.29, 1.82) is 0 Å². The van der Waals surface area contributed by atoms with Crippen LogP contribution in [0.15, 0.2) is 18.2 Å². The predicted octanol–water partition coefficient (Wildman–Crippen LogP) is 4.59. The van der Waals surface area contributed by atoms with Crippen molar-refractivity contribution in [1.82, 2.24) is 0 Å². The Morgan fingerprint density at radius 2 is 2.20 bits per heavy atom. The van der Waals surface area contributed by atoms with Gasteiger partial charge < -0.3 is 0 Å². The lowest BCUT2D eigenvalue weighted by molar-refractivity contribution is 0.558. The Labute approximate surface area is 103 Å². The Morgan fingerprint density at radius 3 is 2.87 bits per heavy atom. The summed E-state index contributed by atoms with van der Waals surface area (Å²) < 4.78 is 13.0. The summed E-state index contributed by atoms with van der Waals surface area (Å²) in [5.41, 5.74) is 0.938. The lowest BCUT2D eigenvalue weighted by atomic mass is 9.98. The van der Waals surface area contributed by atoms with Crippen molar-refractivity contribution in [3.63, 3.8) is 0 Å². The zero-order valence-corrected chi connectivity index (χ0v) is 10.7. The fraction of sp³-hybridized carbons (Fsp3) is 0.500. The molecule has 15 heavy (non-hydrogen) atoms. The molecule has 2 atom stereocenters. The summed E-state index contributed by atoms with van der Waals surface area (Å²) in [6, 6.07) is 4.61. The van der Waals surface area contributed by atoms with E-state index in [1.165, 1.54) is 25.3 Å². The Morgan fingerprint density at radius 1 is 1.40 bits per heavy atom.